The molecule has 0 aromatic carbocycles. The molecule has 0 spiro atoms. The second kappa shape index (κ2) is 5.88. The Labute approximate surface area is 122 Å². The van der Waals surface area contributed by atoms with Gasteiger partial charge in [-0.15, -0.1) is 0 Å². The molecule has 0 bridgehead atoms. The van der Waals surface area contributed by atoms with Crippen LogP contribution in [0.5, 0.6) is 0 Å². The molecule has 1 aromatic rings. The molecule has 0 saturated carbocycles. The van der Waals surface area contributed by atoms with Gasteiger partial charge in [-0.3, -0.25) is 4.79 Å². The summed E-state index contributed by atoms with van der Waals surface area (Å²) in [5, 5.41) is 2.54. The van der Waals surface area contributed by atoms with E-state index in [0.29, 0.717) is 17.9 Å². The largest absolute Gasteiger partial charge is 0.466 e. The predicted molar refractivity (Wildman–Crippen MR) is 73.7 cm³/mol. The summed E-state index contributed by atoms with van der Waals surface area (Å²) in [5.74, 6) is -0.125. The van der Waals surface area contributed by atoms with Crippen LogP contribution in [-0.2, 0) is 19.4 Å². The van der Waals surface area contributed by atoms with Crippen LogP contribution in [0.4, 0.5) is 0 Å². The summed E-state index contributed by atoms with van der Waals surface area (Å²) < 4.78 is 32.6. The number of carbonyl (C=O) groups is 2. The first-order valence-electron chi connectivity index (χ1n) is 6.51. The number of carbonyl (C=O) groups excluding carboxylic acids is 2. The van der Waals surface area contributed by atoms with Crippen molar-refractivity contribution in [2.45, 2.75) is 26.3 Å². The molecule has 1 saturated heterocycles. The zero-order valence-electron chi connectivity index (χ0n) is 11.8. The zero-order chi connectivity index (χ0) is 15.6. The third kappa shape index (κ3) is 4.07. The van der Waals surface area contributed by atoms with Crippen molar-refractivity contribution < 1.29 is 27.2 Å². The normalized spacial score (nSPS) is 20.2. The lowest BCUT2D eigenvalue weighted by molar-refractivity contribution is -0.124. The van der Waals surface area contributed by atoms with E-state index in [9.17, 15) is 18.0 Å². The van der Waals surface area contributed by atoms with Gasteiger partial charge in [0.1, 0.15) is 17.1 Å². The first-order chi connectivity index (χ1) is 9.77. The van der Waals surface area contributed by atoms with Gasteiger partial charge in [0.25, 0.3) is 5.91 Å². The first-order valence-corrected chi connectivity index (χ1v) is 8.33. The number of amides is 1. The molecular weight excluding hydrogens is 298 g/mol. The lowest BCUT2D eigenvalue weighted by Crippen LogP contribution is -2.38. The number of nitrogens with one attached hydrogen (secondary N) is 1. The van der Waals surface area contributed by atoms with E-state index >= 15 is 0 Å². The molecule has 8 heteroatoms. The van der Waals surface area contributed by atoms with Crippen molar-refractivity contribution in [3.05, 3.63) is 23.2 Å². The molecular formula is C13H17NO6S. The Hall–Kier alpha value is -1.83. The minimum absolute atomic E-state index is 0.0628. The van der Waals surface area contributed by atoms with E-state index < -0.39 is 34.4 Å². The molecule has 1 unspecified atom stereocenters. The summed E-state index contributed by atoms with van der Waals surface area (Å²) in [7, 11) is -3.05. The Morgan fingerprint density at radius 3 is 2.67 bits per heavy atom. The Kier molecular flexibility index (Phi) is 4.36. The summed E-state index contributed by atoms with van der Waals surface area (Å²) in [5.41, 5.74) is 0.281. The smallest absolute Gasteiger partial charge is 0.342 e. The van der Waals surface area contributed by atoms with Crippen molar-refractivity contribution >= 4 is 21.7 Å². The molecule has 0 aliphatic carbocycles. The molecule has 1 atom stereocenters. The second-order valence-electron chi connectivity index (χ2n) is 5.07. The highest BCUT2D eigenvalue weighted by Crippen LogP contribution is 2.15. The van der Waals surface area contributed by atoms with E-state index in [1.807, 2.05) is 0 Å². The maximum atomic E-state index is 11.8. The molecule has 116 valence electrons. The molecule has 1 aromatic heterocycles. The van der Waals surface area contributed by atoms with Crippen molar-refractivity contribution in [2.24, 2.45) is 0 Å². The van der Waals surface area contributed by atoms with Crippen LogP contribution in [0, 0.1) is 13.8 Å². The summed E-state index contributed by atoms with van der Waals surface area (Å²) in [6.07, 6.45) is 0.391. The molecule has 1 N–H and O–H groups in total. The van der Waals surface area contributed by atoms with Crippen molar-refractivity contribution in [3.63, 3.8) is 0 Å². The van der Waals surface area contributed by atoms with E-state index in [1.165, 1.54) is 0 Å². The number of esters is 1. The van der Waals surface area contributed by atoms with Crippen LogP contribution in [0.3, 0.4) is 0 Å². The number of hydrogen-bond donors (Lipinski definition) is 1. The molecule has 1 aliphatic heterocycles. The molecule has 1 fully saturated rings. The van der Waals surface area contributed by atoms with Crippen molar-refractivity contribution in [1.82, 2.24) is 5.32 Å². The summed E-state index contributed by atoms with van der Waals surface area (Å²) in [6, 6.07) is 1.14. The quantitative estimate of drug-likeness (QED) is 0.805. The van der Waals surface area contributed by atoms with Crippen LogP contribution in [0.2, 0.25) is 0 Å². The number of aryl methyl sites for hydroxylation is 2. The summed E-state index contributed by atoms with van der Waals surface area (Å²) >= 11 is 0. The average Bonchev–Trinajstić information content (AvgIpc) is 2.88. The van der Waals surface area contributed by atoms with Gasteiger partial charge < -0.3 is 14.5 Å². The lowest BCUT2D eigenvalue weighted by atomic mass is 10.2. The van der Waals surface area contributed by atoms with Gasteiger partial charge in [-0.05, 0) is 26.3 Å². The Morgan fingerprint density at radius 1 is 1.43 bits per heavy atom. The monoisotopic (exact) mass is 315 g/mol. The third-order valence-corrected chi connectivity index (χ3v) is 4.96. The molecule has 1 aliphatic rings. The van der Waals surface area contributed by atoms with Crippen molar-refractivity contribution in [3.8, 4) is 0 Å². The van der Waals surface area contributed by atoms with Crippen LogP contribution in [0.1, 0.15) is 28.3 Å². The maximum absolute atomic E-state index is 11.8. The van der Waals surface area contributed by atoms with Crippen LogP contribution in [0.15, 0.2) is 10.5 Å². The van der Waals surface area contributed by atoms with Gasteiger partial charge in [-0.1, -0.05) is 0 Å². The molecule has 2 heterocycles. The molecule has 21 heavy (non-hydrogen) atoms. The van der Waals surface area contributed by atoms with Crippen LogP contribution >= 0.6 is 0 Å². The number of furan rings is 1. The predicted octanol–water partition coefficient (Wildman–Crippen LogP) is 0.357. The summed E-state index contributed by atoms with van der Waals surface area (Å²) in [4.78, 5) is 23.4. The molecule has 7 nitrogen and oxygen atoms in total. The fraction of sp³-hybridized carbons (Fsp3) is 0.538. The average molecular weight is 315 g/mol. The fourth-order valence-corrected chi connectivity index (χ4v) is 3.89. The van der Waals surface area contributed by atoms with E-state index in [0.717, 1.165) is 0 Å². The number of rotatable bonds is 4. The highest BCUT2D eigenvalue weighted by molar-refractivity contribution is 7.91. The number of sulfone groups is 1. The number of hydrogen-bond acceptors (Lipinski definition) is 6. The van der Waals surface area contributed by atoms with Gasteiger partial charge in [-0.25, -0.2) is 13.2 Å². The van der Waals surface area contributed by atoms with Gasteiger partial charge in [0.15, 0.2) is 16.4 Å². The van der Waals surface area contributed by atoms with Crippen LogP contribution in [0.25, 0.3) is 0 Å². The molecule has 0 radical (unpaired) electrons. The van der Waals surface area contributed by atoms with Crippen molar-refractivity contribution in [1.29, 1.82) is 0 Å². The Balaban J connectivity index is 1.82. The standard InChI is InChI=1S/C13H17NO6S/c1-8-5-11(9(2)20-8)13(16)19-6-12(15)14-10-3-4-21(17,18)7-10/h5,10H,3-4,6-7H2,1-2H3,(H,14,15). The zero-order valence-corrected chi connectivity index (χ0v) is 12.7. The van der Waals surface area contributed by atoms with E-state index in [2.05, 4.69) is 5.32 Å². The molecule has 1 amide bonds. The van der Waals surface area contributed by atoms with E-state index in [4.69, 9.17) is 9.15 Å². The minimum atomic E-state index is -3.05. The minimum Gasteiger partial charge on any atom is -0.466 e. The van der Waals surface area contributed by atoms with E-state index in [-0.39, 0.29) is 17.1 Å². The summed E-state index contributed by atoms with van der Waals surface area (Å²) in [6.45, 7) is 2.89. The maximum Gasteiger partial charge on any atom is 0.342 e. The highest BCUT2D eigenvalue weighted by atomic mass is 32.2. The third-order valence-electron chi connectivity index (χ3n) is 3.19. The van der Waals surface area contributed by atoms with Crippen LogP contribution in [-0.4, -0.2) is 44.4 Å². The number of ether oxygens (including phenoxy) is 1. The van der Waals surface area contributed by atoms with Gasteiger partial charge >= 0.3 is 5.97 Å². The highest BCUT2D eigenvalue weighted by Gasteiger charge is 2.29. The van der Waals surface area contributed by atoms with E-state index in [1.54, 1.807) is 19.9 Å². The first kappa shape index (κ1) is 15.6. The van der Waals surface area contributed by atoms with Crippen molar-refractivity contribution in [2.75, 3.05) is 18.1 Å². The Bertz CT molecular complexity index is 660. The topological polar surface area (TPSA) is 103 Å². The van der Waals surface area contributed by atoms with Gasteiger partial charge in [0.2, 0.25) is 0 Å². The van der Waals surface area contributed by atoms with Gasteiger partial charge in [0.05, 0.1) is 11.5 Å². The van der Waals surface area contributed by atoms with Gasteiger partial charge in [0, 0.05) is 6.04 Å². The van der Waals surface area contributed by atoms with Gasteiger partial charge in [-0.2, -0.15) is 0 Å². The SMILES string of the molecule is Cc1cc(C(=O)OCC(=O)NC2CCS(=O)(=O)C2)c(C)o1. The second-order valence-corrected chi connectivity index (χ2v) is 7.30. The fourth-order valence-electron chi connectivity index (χ4n) is 2.22. The Morgan fingerprint density at radius 2 is 2.14 bits per heavy atom. The lowest BCUT2D eigenvalue weighted by Gasteiger charge is -2.10. The molecule has 2 rings (SSSR count). The van der Waals surface area contributed by atoms with Crippen LogP contribution < -0.4 is 5.32 Å².